The SMILES string of the molecule is C#Cc1c(F)ccc2cc(O)cc(-c3nc4c5c(nc(OC[C@@]67CCCN6C[C@H](F)C7)nc5c3F)N(C[C@@H](C)O)[C@@H](C)CO4)c12. The van der Waals surface area contributed by atoms with Gasteiger partial charge in [0.1, 0.15) is 53.4 Å². The Balaban J connectivity index is 1.45. The second-order valence-electron chi connectivity index (χ2n) is 12.3. The number of ether oxygens (including phenoxy) is 2. The van der Waals surface area contributed by atoms with E-state index in [1.54, 1.807) is 11.8 Å². The summed E-state index contributed by atoms with van der Waals surface area (Å²) in [5, 5.41) is 21.7. The molecule has 4 atom stereocenters. The Bertz CT molecular complexity index is 1880. The number of phenols is 1. The number of benzene rings is 2. The quantitative estimate of drug-likeness (QED) is 0.297. The molecule has 3 aliphatic heterocycles. The molecule has 2 aromatic carbocycles. The molecule has 2 aromatic heterocycles. The van der Waals surface area contributed by atoms with Crippen LogP contribution in [0.4, 0.5) is 19.0 Å². The highest BCUT2D eigenvalue weighted by Gasteiger charge is 2.49. The van der Waals surface area contributed by atoms with Crippen molar-refractivity contribution in [2.45, 2.75) is 57.0 Å². The molecule has 0 bridgehead atoms. The summed E-state index contributed by atoms with van der Waals surface area (Å²) in [5.41, 5.74) is -0.985. The topological polar surface area (TPSA) is 104 Å². The number of aromatic nitrogens is 3. The standard InChI is InChI=1S/C33H32F3N5O4/c1-4-22-24(35)7-6-19-10-21(43)11-23(25(19)22)28-27(36)29-26-30(41(13-18(3)42)17(2)15-44-31(26)37-28)39-32(38-29)45-16-33-8-5-9-40(33)14-20(34)12-33/h1,6-7,10-11,17-18,20,42-43H,5,8-9,12-16H2,2-3H3/t17-,18+,20+,33-/m0/s1. The average molecular weight is 620 g/mol. The predicted molar refractivity (Wildman–Crippen MR) is 162 cm³/mol. The molecule has 9 nitrogen and oxygen atoms in total. The number of phenolic OH excluding ortho intramolecular Hbond substituents is 1. The van der Waals surface area contributed by atoms with E-state index in [1.807, 2.05) is 6.92 Å². The van der Waals surface area contributed by atoms with E-state index in [9.17, 15) is 19.0 Å². The van der Waals surface area contributed by atoms with Crippen LogP contribution in [-0.4, -0.2) is 86.8 Å². The minimum atomic E-state index is -0.959. The van der Waals surface area contributed by atoms with Crippen molar-refractivity contribution in [3.05, 3.63) is 41.5 Å². The van der Waals surface area contributed by atoms with E-state index >= 15 is 4.39 Å². The summed E-state index contributed by atoms with van der Waals surface area (Å²) in [7, 11) is 0. The number of hydrogen-bond acceptors (Lipinski definition) is 9. The number of nitrogens with zero attached hydrogens (tertiary/aromatic N) is 5. The summed E-state index contributed by atoms with van der Waals surface area (Å²) in [6, 6.07) is 4.86. The molecular formula is C33H32F3N5O4. The fraction of sp³-hybridized carbons (Fsp3) is 0.424. The van der Waals surface area contributed by atoms with Gasteiger partial charge < -0.3 is 24.6 Å². The maximum Gasteiger partial charge on any atom is 0.319 e. The summed E-state index contributed by atoms with van der Waals surface area (Å²) < 4.78 is 58.4. The first-order valence-electron chi connectivity index (χ1n) is 15.0. The molecule has 7 rings (SSSR count). The van der Waals surface area contributed by atoms with Crippen molar-refractivity contribution in [1.29, 1.82) is 0 Å². The van der Waals surface area contributed by atoms with E-state index in [2.05, 4.69) is 25.8 Å². The van der Waals surface area contributed by atoms with Gasteiger partial charge in [-0.15, -0.1) is 6.42 Å². The van der Waals surface area contributed by atoms with Crippen LogP contribution in [0.1, 0.15) is 38.7 Å². The Morgan fingerprint density at radius 3 is 2.82 bits per heavy atom. The van der Waals surface area contributed by atoms with Crippen molar-refractivity contribution in [2.24, 2.45) is 0 Å². The van der Waals surface area contributed by atoms with Gasteiger partial charge in [-0.05, 0) is 56.8 Å². The number of halogens is 3. The van der Waals surface area contributed by atoms with Crippen molar-refractivity contribution >= 4 is 27.5 Å². The fourth-order valence-corrected chi connectivity index (χ4v) is 7.11. The van der Waals surface area contributed by atoms with E-state index in [-0.39, 0.29) is 82.4 Å². The largest absolute Gasteiger partial charge is 0.508 e. The lowest BCUT2D eigenvalue weighted by Gasteiger charge is -2.31. The first-order chi connectivity index (χ1) is 21.6. The van der Waals surface area contributed by atoms with Crippen molar-refractivity contribution in [2.75, 3.05) is 37.7 Å². The molecule has 2 fully saturated rings. The van der Waals surface area contributed by atoms with Crippen molar-refractivity contribution in [3.63, 3.8) is 0 Å². The average Bonchev–Trinajstić information content (AvgIpc) is 3.49. The summed E-state index contributed by atoms with van der Waals surface area (Å²) in [6.07, 6.45) is 5.97. The summed E-state index contributed by atoms with van der Waals surface area (Å²) in [6.45, 7) is 5.02. The Labute approximate surface area is 257 Å². The number of anilines is 1. The summed E-state index contributed by atoms with van der Waals surface area (Å²) in [4.78, 5) is 17.6. The first kappa shape index (κ1) is 29.4. The third-order valence-corrected chi connectivity index (χ3v) is 9.12. The number of aliphatic hydroxyl groups is 1. The monoisotopic (exact) mass is 619 g/mol. The van der Waals surface area contributed by atoms with Crippen molar-refractivity contribution in [1.82, 2.24) is 19.9 Å². The normalized spacial score (nSPS) is 23.5. The molecule has 0 radical (unpaired) electrons. The van der Waals surface area contributed by atoms with Gasteiger partial charge in [0.05, 0.1) is 23.2 Å². The lowest BCUT2D eigenvalue weighted by molar-refractivity contribution is 0.107. The number of rotatable bonds is 6. The van der Waals surface area contributed by atoms with Gasteiger partial charge in [-0.2, -0.15) is 9.97 Å². The molecule has 3 aliphatic rings. The van der Waals surface area contributed by atoms with Crippen LogP contribution in [0.15, 0.2) is 24.3 Å². The zero-order chi connectivity index (χ0) is 31.6. The molecule has 12 heteroatoms. The van der Waals surface area contributed by atoms with Gasteiger partial charge in [0.25, 0.3) is 0 Å². The Hall–Kier alpha value is -4.34. The van der Waals surface area contributed by atoms with Gasteiger partial charge in [-0.1, -0.05) is 12.0 Å². The highest BCUT2D eigenvalue weighted by atomic mass is 19.1. The molecule has 0 aliphatic carbocycles. The highest BCUT2D eigenvalue weighted by Crippen LogP contribution is 2.44. The molecule has 0 saturated carbocycles. The predicted octanol–water partition coefficient (Wildman–Crippen LogP) is 4.73. The van der Waals surface area contributed by atoms with Gasteiger partial charge in [0.2, 0.25) is 5.88 Å². The number of terminal acetylenes is 1. The second kappa shape index (κ2) is 10.9. The lowest BCUT2D eigenvalue weighted by Crippen LogP contribution is -2.43. The third kappa shape index (κ3) is 4.85. The number of aliphatic hydroxyl groups excluding tert-OH is 1. The van der Waals surface area contributed by atoms with Crippen LogP contribution in [0.5, 0.6) is 17.6 Å². The molecule has 2 saturated heterocycles. The van der Waals surface area contributed by atoms with Crippen molar-refractivity contribution in [3.8, 4) is 41.2 Å². The van der Waals surface area contributed by atoms with Crippen LogP contribution >= 0.6 is 0 Å². The first-order valence-corrected chi connectivity index (χ1v) is 15.0. The molecule has 45 heavy (non-hydrogen) atoms. The van der Waals surface area contributed by atoms with E-state index in [1.165, 1.54) is 24.3 Å². The smallest absolute Gasteiger partial charge is 0.319 e. The number of pyridine rings is 1. The van der Waals surface area contributed by atoms with E-state index in [0.29, 0.717) is 18.4 Å². The molecular weight excluding hydrogens is 587 g/mol. The number of aromatic hydroxyl groups is 1. The van der Waals surface area contributed by atoms with Crippen molar-refractivity contribution < 1.29 is 32.9 Å². The van der Waals surface area contributed by atoms with Crippen LogP contribution in [-0.2, 0) is 0 Å². The molecule has 234 valence electrons. The van der Waals surface area contributed by atoms with Crippen LogP contribution < -0.4 is 14.4 Å². The maximum atomic E-state index is 16.9. The molecule has 0 spiro atoms. The molecule has 0 unspecified atom stereocenters. The zero-order valence-corrected chi connectivity index (χ0v) is 24.9. The second-order valence-corrected chi connectivity index (χ2v) is 12.3. The molecule has 5 heterocycles. The Morgan fingerprint density at radius 2 is 2.04 bits per heavy atom. The van der Waals surface area contributed by atoms with Crippen LogP contribution in [0.2, 0.25) is 0 Å². The Morgan fingerprint density at radius 1 is 1.22 bits per heavy atom. The van der Waals surface area contributed by atoms with Crippen LogP contribution in [0.3, 0.4) is 0 Å². The van der Waals surface area contributed by atoms with Gasteiger partial charge in [0.15, 0.2) is 5.82 Å². The van der Waals surface area contributed by atoms with E-state index in [0.717, 1.165) is 19.4 Å². The van der Waals surface area contributed by atoms with Gasteiger partial charge >= 0.3 is 6.01 Å². The molecule has 0 amide bonds. The fourth-order valence-electron chi connectivity index (χ4n) is 7.11. The van der Waals surface area contributed by atoms with E-state index in [4.69, 9.17) is 15.9 Å². The number of β-amino-alcohol motifs (C(OH)–C–C–N with tert-alkyl or cyclic N) is 1. The van der Waals surface area contributed by atoms with Crippen LogP contribution in [0.25, 0.3) is 32.9 Å². The lowest BCUT2D eigenvalue weighted by atomic mass is 9.95. The van der Waals surface area contributed by atoms with Gasteiger partial charge in [-0.25, -0.2) is 18.2 Å². The molecule has 4 aromatic rings. The number of alkyl halides is 1. The molecule has 2 N–H and O–H groups in total. The number of fused-ring (bicyclic) bond motifs is 2. The summed E-state index contributed by atoms with van der Waals surface area (Å²) >= 11 is 0. The maximum absolute atomic E-state index is 16.9. The van der Waals surface area contributed by atoms with E-state index < -0.39 is 29.4 Å². The highest BCUT2D eigenvalue weighted by molar-refractivity contribution is 6.04. The van der Waals surface area contributed by atoms with Crippen LogP contribution in [0, 0.1) is 24.0 Å². The summed E-state index contributed by atoms with van der Waals surface area (Å²) in [5.74, 6) is 0.858. The number of hydrogen-bond donors (Lipinski definition) is 2. The van der Waals surface area contributed by atoms with Gasteiger partial charge in [-0.3, -0.25) is 4.90 Å². The third-order valence-electron chi connectivity index (χ3n) is 9.12. The minimum absolute atomic E-state index is 0.0228. The van der Waals surface area contributed by atoms with Gasteiger partial charge in [0, 0.05) is 30.5 Å². The zero-order valence-electron chi connectivity index (χ0n) is 24.9. The minimum Gasteiger partial charge on any atom is -0.508 e. The Kier molecular flexibility index (Phi) is 7.13.